The van der Waals surface area contributed by atoms with E-state index in [-0.39, 0.29) is 11.9 Å². The summed E-state index contributed by atoms with van der Waals surface area (Å²) in [5.74, 6) is -2.56. The van der Waals surface area contributed by atoms with Gasteiger partial charge in [0.15, 0.2) is 23.5 Å². The molecule has 4 nitrogen and oxygen atoms in total. The zero-order valence-electron chi connectivity index (χ0n) is 12.8. The van der Waals surface area contributed by atoms with Crippen molar-refractivity contribution in [3.8, 4) is 5.75 Å². The van der Waals surface area contributed by atoms with Crippen molar-refractivity contribution in [3.05, 3.63) is 29.3 Å². The Hall–Kier alpha value is -1.69. The van der Waals surface area contributed by atoms with E-state index in [1.165, 1.54) is 24.0 Å². The van der Waals surface area contributed by atoms with Crippen molar-refractivity contribution in [1.82, 2.24) is 4.90 Å². The number of hydrogen-bond donors (Lipinski definition) is 1. The molecule has 0 aliphatic carbocycles. The van der Waals surface area contributed by atoms with E-state index in [0.717, 1.165) is 6.42 Å². The summed E-state index contributed by atoms with van der Waals surface area (Å²) in [6, 6.07) is 2.24. The SMILES string of the molecule is CCC(N)Cc1cc(F)c(OC(C)C(=O)N(C)C)c(F)c1. The number of carbonyl (C=O) groups excluding carboxylic acids is 1. The summed E-state index contributed by atoms with van der Waals surface area (Å²) in [5.41, 5.74) is 6.24. The van der Waals surface area contributed by atoms with Gasteiger partial charge in [0, 0.05) is 20.1 Å². The van der Waals surface area contributed by atoms with Gasteiger partial charge in [0.2, 0.25) is 0 Å². The molecule has 0 aliphatic rings. The largest absolute Gasteiger partial charge is 0.475 e. The molecule has 1 aromatic carbocycles. The Morgan fingerprint density at radius 1 is 1.33 bits per heavy atom. The van der Waals surface area contributed by atoms with Gasteiger partial charge in [0.25, 0.3) is 5.91 Å². The molecule has 2 N–H and O–H groups in total. The number of halogens is 2. The van der Waals surface area contributed by atoms with E-state index in [2.05, 4.69) is 0 Å². The predicted octanol–water partition coefficient (Wildman–Crippen LogP) is 2.10. The Bertz CT molecular complexity index is 483. The van der Waals surface area contributed by atoms with Crippen LogP contribution in [0.4, 0.5) is 8.78 Å². The number of hydrogen-bond acceptors (Lipinski definition) is 3. The molecular formula is C15H22F2N2O2. The van der Waals surface area contributed by atoms with E-state index in [0.29, 0.717) is 12.0 Å². The Balaban J connectivity index is 2.92. The van der Waals surface area contributed by atoms with Crippen LogP contribution in [0.2, 0.25) is 0 Å². The van der Waals surface area contributed by atoms with Crippen LogP contribution in [0.1, 0.15) is 25.8 Å². The molecule has 0 saturated carbocycles. The molecular weight excluding hydrogens is 278 g/mol. The van der Waals surface area contributed by atoms with Gasteiger partial charge in [0.1, 0.15) is 0 Å². The van der Waals surface area contributed by atoms with Gasteiger partial charge in [-0.15, -0.1) is 0 Å². The topological polar surface area (TPSA) is 55.6 Å². The fourth-order valence-electron chi connectivity index (χ4n) is 1.88. The van der Waals surface area contributed by atoms with Gasteiger partial charge < -0.3 is 15.4 Å². The number of nitrogens with two attached hydrogens (primary N) is 1. The number of benzene rings is 1. The van der Waals surface area contributed by atoms with Crippen LogP contribution >= 0.6 is 0 Å². The molecule has 0 heterocycles. The number of rotatable bonds is 6. The predicted molar refractivity (Wildman–Crippen MR) is 77.1 cm³/mol. The zero-order valence-corrected chi connectivity index (χ0v) is 12.8. The zero-order chi connectivity index (χ0) is 16.2. The molecule has 0 aliphatic heterocycles. The van der Waals surface area contributed by atoms with Crippen molar-refractivity contribution < 1.29 is 18.3 Å². The molecule has 0 radical (unpaired) electrons. The molecule has 1 amide bonds. The second kappa shape index (κ2) is 7.36. The second-order valence-corrected chi connectivity index (χ2v) is 5.25. The number of nitrogens with zero attached hydrogens (tertiary/aromatic N) is 1. The van der Waals surface area contributed by atoms with Gasteiger partial charge in [-0.1, -0.05) is 6.92 Å². The lowest BCUT2D eigenvalue weighted by Crippen LogP contribution is -2.35. The molecule has 2 atom stereocenters. The van der Waals surface area contributed by atoms with Crippen molar-refractivity contribution >= 4 is 5.91 Å². The van der Waals surface area contributed by atoms with Crippen molar-refractivity contribution in [3.63, 3.8) is 0 Å². The minimum absolute atomic E-state index is 0.148. The molecule has 6 heteroatoms. The van der Waals surface area contributed by atoms with Crippen molar-refractivity contribution in [2.75, 3.05) is 14.1 Å². The Morgan fingerprint density at radius 3 is 2.29 bits per heavy atom. The third-order valence-corrected chi connectivity index (χ3v) is 3.16. The van der Waals surface area contributed by atoms with E-state index in [1.54, 1.807) is 14.1 Å². The first-order valence-corrected chi connectivity index (χ1v) is 6.87. The maximum Gasteiger partial charge on any atom is 0.262 e. The van der Waals surface area contributed by atoms with Gasteiger partial charge in [-0.05, 0) is 37.5 Å². The van der Waals surface area contributed by atoms with Crippen molar-refractivity contribution in [1.29, 1.82) is 0 Å². The normalized spacial score (nSPS) is 13.7. The van der Waals surface area contributed by atoms with Gasteiger partial charge in [0.05, 0.1) is 0 Å². The van der Waals surface area contributed by atoms with Crippen LogP contribution in [0.25, 0.3) is 0 Å². The first kappa shape index (κ1) is 17.4. The number of carbonyl (C=O) groups is 1. The van der Waals surface area contributed by atoms with Gasteiger partial charge in [-0.3, -0.25) is 4.79 Å². The highest BCUT2D eigenvalue weighted by atomic mass is 19.1. The molecule has 2 unspecified atom stereocenters. The third kappa shape index (κ3) is 4.67. The third-order valence-electron chi connectivity index (χ3n) is 3.16. The van der Waals surface area contributed by atoms with Crippen LogP contribution in [0.15, 0.2) is 12.1 Å². The average Bonchev–Trinajstić information content (AvgIpc) is 2.41. The molecule has 118 valence electrons. The van der Waals surface area contributed by atoms with Crippen LogP contribution in [0.3, 0.4) is 0 Å². The highest BCUT2D eigenvalue weighted by Gasteiger charge is 2.21. The molecule has 1 aromatic rings. The van der Waals surface area contributed by atoms with Gasteiger partial charge in [-0.25, -0.2) is 8.78 Å². The van der Waals surface area contributed by atoms with Crippen LogP contribution < -0.4 is 10.5 Å². The summed E-state index contributed by atoms with van der Waals surface area (Å²) < 4.78 is 33.0. The van der Waals surface area contributed by atoms with Gasteiger partial charge >= 0.3 is 0 Å². The van der Waals surface area contributed by atoms with E-state index in [1.807, 2.05) is 6.92 Å². The van der Waals surface area contributed by atoms with Crippen LogP contribution in [0.5, 0.6) is 5.75 Å². The summed E-state index contributed by atoms with van der Waals surface area (Å²) >= 11 is 0. The standard InChI is InChI=1S/C15H22F2N2O2/c1-5-11(18)6-10-7-12(16)14(13(17)8-10)21-9(2)15(20)19(3)4/h7-9,11H,5-6,18H2,1-4H3. The lowest BCUT2D eigenvalue weighted by Gasteiger charge is -2.19. The Kier molecular flexibility index (Phi) is 6.08. The Morgan fingerprint density at radius 2 is 1.86 bits per heavy atom. The number of likely N-dealkylation sites (N-methyl/N-ethyl adjacent to an activating group) is 1. The molecule has 0 saturated heterocycles. The molecule has 1 rings (SSSR count). The molecule has 0 aromatic heterocycles. The fourth-order valence-corrected chi connectivity index (χ4v) is 1.88. The molecule has 0 bridgehead atoms. The second-order valence-electron chi connectivity index (χ2n) is 5.25. The quantitative estimate of drug-likeness (QED) is 0.875. The van der Waals surface area contributed by atoms with E-state index < -0.39 is 23.5 Å². The maximum absolute atomic E-state index is 14.0. The molecule has 0 fully saturated rings. The minimum Gasteiger partial charge on any atom is -0.475 e. The van der Waals surface area contributed by atoms with E-state index in [9.17, 15) is 13.6 Å². The first-order chi connectivity index (χ1) is 9.76. The van der Waals surface area contributed by atoms with Crippen LogP contribution in [0, 0.1) is 11.6 Å². The van der Waals surface area contributed by atoms with Crippen LogP contribution in [-0.2, 0) is 11.2 Å². The number of ether oxygens (including phenoxy) is 1. The highest BCUT2D eigenvalue weighted by Crippen LogP contribution is 2.25. The lowest BCUT2D eigenvalue weighted by atomic mass is 10.0. The van der Waals surface area contributed by atoms with E-state index in [4.69, 9.17) is 10.5 Å². The summed E-state index contributed by atoms with van der Waals surface area (Å²) in [6.07, 6.45) is 0.139. The first-order valence-electron chi connectivity index (χ1n) is 6.87. The number of amides is 1. The maximum atomic E-state index is 14.0. The lowest BCUT2D eigenvalue weighted by molar-refractivity contribution is -0.135. The fraction of sp³-hybridized carbons (Fsp3) is 0.533. The van der Waals surface area contributed by atoms with Crippen molar-refractivity contribution in [2.24, 2.45) is 5.73 Å². The average molecular weight is 300 g/mol. The summed E-state index contributed by atoms with van der Waals surface area (Å²) in [6.45, 7) is 3.35. The summed E-state index contributed by atoms with van der Waals surface area (Å²) in [4.78, 5) is 13.0. The Labute approximate surface area is 123 Å². The minimum atomic E-state index is -0.965. The summed E-state index contributed by atoms with van der Waals surface area (Å²) in [5, 5.41) is 0. The molecule has 21 heavy (non-hydrogen) atoms. The monoisotopic (exact) mass is 300 g/mol. The van der Waals surface area contributed by atoms with Crippen molar-refractivity contribution in [2.45, 2.75) is 38.8 Å². The highest BCUT2D eigenvalue weighted by molar-refractivity contribution is 5.80. The summed E-state index contributed by atoms with van der Waals surface area (Å²) in [7, 11) is 3.09. The smallest absolute Gasteiger partial charge is 0.262 e. The van der Waals surface area contributed by atoms with Crippen LogP contribution in [-0.4, -0.2) is 37.0 Å². The van der Waals surface area contributed by atoms with E-state index >= 15 is 0 Å². The van der Waals surface area contributed by atoms with Gasteiger partial charge in [-0.2, -0.15) is 0 Å². The molecule has 0 spiro atoms.